The number of cyclic esters (lactones) is 1. The lowest BCUT2D eigenvalue weighted by atomic mass is 10.1. The number of nitrogens with one attached hydrogen (secondary N) is 1. The van der Waals surface area contributed by atoms with Gasteiger partial charge in [0, 0.05) is 17.0 Å². The molecule has 138 valence electrons. The molecule has 2 aromatic rings. The van der Waals surface area contributed by atoms with Crippen molar-refractivity contribution in [3.05, 3.63) is 63.6 Å². The molecule has 1 N–H and O–H groups in total. The zero-order chi connectivity index (χ0) is 19.1. The molecule has 2 heterocycles. The van der Waals surface area contributed by atoms with E-state index in [1.54, 1.807) is 36.4 Å². The van der Waals surface area contributed by atoms with Crippen LogP contribution in [0.2, 0.25) is 10.0 Å². The van der Waals surface area contributed by atoms with Crippen molar-refractivity contribution < 1.29 is 19.1 Å². The van der Waals surface area contributed by atoms with Gasteiger partial charge < -0.3 is 10.1 Å². The summed E-state index contributed by atoms with van der Waals surface area (Å²) in [6.45, 7) is 0. The molecule has 8 heteroatoms. The summed E-state index contributed by atoms with van der Waals surface area (Å²) in [7, 11) is 0. The lowest BCUT2D eigenvalue weighted by molar-refractivity contribution is -0.144. The molecule has 0 spiro atoms. The number of nitrogens with zero attached hydrogens (tertiary/aromatic N) is 1. The third-order valence-corrected chi connectivity index (χ3v) is 5.21. The quantitative estimate of drug-likeness (QED) is 0.789. The molecule has 2 aromatic carbocycles. The molecular weight excluding hydrogens is 391 g/mol. The summed E-state index contributed by atoms with van der Waals surface area (Å²) in [5.74, 6) is -1.15. The summed E-state index contributed by atoms with van der Waals surface area (Å²) < 4.78 is 5.40. The molecule has 2 amide bonds. The topological polar surface area (TPSA) is 75.7 Å². The Kier molecular flexibility index (Phi) is 4.53. The van der Waals surface area contributed by atoms with Crippen LogP contribution >= 0.6 is 23.2 Å². The molecule has 2 atom stereocenters. The SMILES string of the molecule is O=C1O[C@H](N2C(=O)CC[C@@H]2C(=O)Nc2ccc(Cl)cc2Cl)c2ccccc21. The number of rotatable bonds is 3. The second-order valence-electron chi connectivity index (χ2n) is 6.31. The van der Waals surface area contributed by atoms with Gasteiger partial charge in [-0.3, -0.25) is 14.5 Å². The van der Waals surface area contributed by atoms with Crippen molar-refractivity contribution in [3.63, 3.8) is 0 Å². The predicted octanol–water partition coefficient (Wildman–Crippen LogP) is 3.79. The number of benzene rings is 2. The molecule has 1 saturated heterocycles. The Balaban J connectivity index is 1.60. The summed E-state index contributed by atoms with van der Waals surface area (Å²) in [5, 5.41) is 3.47. The molecular formula is C19H14Cl2N2O4. The second kappa shape index (κ2) is 6.87. The Morgan fingerprint density at radius 1 is 1.15 bits per heavy atom. The molecule has 2 aliphatic rings. The maximum Gasteiger partial charge on any atom is 0.340 e. The van der Waals surface area contributed by atoms with E-state index in [2.05, 4.69) is 5.32 Å². The summed E-state index contributed by atoms with van der Waals surface area (Å²) in [5.41, 5.74) is 1.39. The lowest BCUT2D eigenvalue weighted by Crippen LogP contribution is -2.43. The van der Waals surface area contributed by atoms with Crippen LogP contribution < -0.4 is 5.32 Å². The minimum atomic E-state index is -0.903. The van der Waals surface area contributed by atoms with Crippen LogP contribution in [0.3, 0.4) is 0 Å². The van der Waals surface area contributed by atoms with E-state index in [9.17, 15) is 14.4 Å². The van der Waals surface area contributed by atoms with Gasteiger partial charge in [0.1, 0.15) is 6.04 Å². The van der Waals surface area contributed by atoms with Crippen molar-refractivity contribution in [2.45, 2.75) is 25.1 Å². The molecule has 4 rings (SSSR count). The molecule has 2 aliphatic heterocycles. The molecule has 0 saturated carbocycles. The van der Waals surface area contributed by atoms with Crippen molar-refractivity contribution in [1.29, 1.82) is 0 Å². The van der Waals surface area contributed by atoms with Crippen LogP contribution in [-0.2, 0) is 14.3 Å². The molecule has 0 aromatic heterocycles. The third-order valence-electron chi connectivity index (χ3n) is 4.67. The minimum absolute atomic E-state index is 0.197. The Morgan fingerprint density at radius 3 is 2.70 bits per heavy atom. The Labute approximate surface area is 165 Å². The number of hydrogen-bond acceptors (Lipinski definition) is 4. The van der Waals surface area contributed by atoms with Crippen LogP contribution in [0.25, 0.3) is 0 Å². The molecule has 0 unspecified atom stereocenters. The molecule has 1 fully saturated rings. The highest BCUT2D eigenvalue weighted by Gasteiger charge is 2.46. The summed E-state index contributed by atoms with van der Waals surface area (Å²) in [4.78, 5) is 38.7. The van der Waals surface area contributed by atoms with Crippen molar-refractivity contribution in [1.82, 2.24) is 4.90 Å². The number of ether oxygens (including phenoxy) is 1. The third kappa shape index (κ3) is 3.15. The number of amides is 2. The van der Waals surface area contributed by atoms with Gasteiger partial charge in [-0.15, -0.1) is 0 Å². The first-order valence-electron chi connectivity index (χ1n) is 8.32. The summed E-state index contributed by atoms with van der Waals surface area (Å²) >= 11 is 12.0. The monoisotopic (exact) mass is 404 g/mol. The van der Waals surface area contributed by atoms with E-state index >= 15 is 0 Å². The number of carbonyl (C=O) groups excluding carboxylic acids is 3. The van der Waals surface area contributed by atoms with Gasteiger partial charge in [-0.2, -0.15) is 0 Å². The molecule has 0 aliphatic carbocycles. The zero-order valence-electron chi connectivity index (χ0n) is 13.9. The first-order chi connectivity index (χ1) is 13.0. The van der Waals surface area contributed by atoms with E-state index in [0.29, 0.717) is 33.3 Å². The van der Waals surface area contributed by atoms with Crippen molar-refractivity contribution in [2.75, 3.05) is 5.32 Å². The maximum absolute atomic E-state index is 12.8. The van der Waals surface area contributed by atoms with Gasteiger partial charge in [-0.05, 0) is 30.7 Å². The molecule has 6 nitrogen and oxygen atoms in total. The van der Waals surface area contributed by atoms with Gasteiger partial charge in [0.25, 0.3) is 0 Å². The average molecular weight is 405 g/mol. The van der Waals surface area contributed by atoms with Crippen LogP contribution in [0.1, 0.15) is 35.0 Å². The first kappa shape index (κ1) is 17.8. The number of fused-ring (bicyclic) bond motifs is 1. The van der Waals surface area contributed by atoms with Gasteiger partial charge >= 0.3 is 5.97 Å². The van der Waals surface area contributed by atoms with Gasteiger partial charge in [0.15, 0.2) is 0 Å². The highest BCUT2D eigenvalue weighted by molar-refractivity contribution is 6.36. The van der Waals surface area contributed by atoms with Crippen LogP contribution in [0, 0.1) is 0 Å². The zero-order valence-corrected chi connectivity index (χ0v) is 15.5. The van der Waals surface area contributed by atoms with Gasteiger partial charge in [-0.25, -0.2) is 4.79 Å². The smallest absolute Gasteiger partial charge is 0.340 e. The summed E-state index contributed by atoms with van der Waals surface area (Å²) in [6, 6.07) is 10.8. The van der Waals surface area contributed by atoms with E-state index in [1.165, 1.54) is 11.0 Å². The lowest BCUT2D eigenvalue weighted by Gasteiger charge is -2.29. The van der Waals surface area contributed by atoms with E-state index in [0.717, 1.165) is 0 Å². The number of esters is 1. The Bertz CT molecular complexity index is 962. The number of hydrogen-bond donors (Lipinski definition) is 1. The Morgan fingerprint density at radius 2 is 1.93 bits per heavy atom. The van der Waals surface area contributed by atoms with Crippen LogP contribution in [0.15, 0.2) is 42.5 Å². The van der Waals surface area contributed by atoms with E-state index in [4.69, 9.17) is 27.9 Å². The van der Waals surface area contributed by atoms with E-state index < -0.39 is 24.1 Å². The normalized spacial score (nSPS) is 21.2. The second-order valence-corrected chi connectivity index (χ2v) is 7.16. The maximum atomic E-state index is 12.8. The van der Waals surface area contributed by atoms with Gasteiger partial charge in [0.2, 0.25) is 18.0 Å². The average Bonchev–Trinajstić information content (AvgIpc) is 3.18. The minimum Gasteiger partial charge on any atom is -0.433 e. The number of halogens is 2. The fourth-order valence-corrected chi connectivity index (χ4v) is 3.85. The van der Waals surface area contributed by atoms with E-state index in [-0.39, 0.29) is 12.3 Å². The highest BCUT2D eigenvalue weighted by Crippen LogP contribution is 2.38. The predicted molar refractivity (Wildman–Crippen MR) is 99.6 cm³/mol. The Hall–Kier alpha value is -2.57. The van der Waals surface area contributed by atoms with Crippen molar-refractivity contribution in [3.8, 4) is 0 Å². The van der Waals surface area contributed by atoms with Crippen molar-refractivity contribution in [2.24, 2.45) is 0 Å². The summed E-state index contributed by atoms with van der Waals surface area (Å²) in [6.07, 6.45) is -0.380. The van der Waals surface area contributed by atoms with Crippen LogP contribution in [0.4, 0.5) is 5.69 Å². The van der Waals surface area contributed by atoms with Crippen LogP contribution in [-0.4, -0.2) is 28.7 Å². The largest absolute Gasteiger partial charge is 0.433 e. The van der Waals surface area contributed by atoms with Gasteiger partial charge in [-0.1, -0.05) is 41.4 Å². The van der Waals surface area contributed by atoms with Gasteiger partial charge in [0.05, 0.1) is 16.3 Å². The van der Waals surface area contributed by atoms with Crippen molar-refractivity contribution >= 4 is 46.7 Å². The fourth-order valence-electron chi connectivity index (χ4n) is 3.39. The molecule has 0 radical (unpaired) electrons. The molecule has 0 bridgehead atoms. The molecule has 27 heavy (non-hydrogen) atoms. The van der Waals surface area contributed by atoms with E-state index in [1.807, 2.05) is 0 Å². The number of anilines is 1. The fraction of sp³-hybridized carbons (Fsp3) is 0.211. The first-order valence-corrected chi connectivity index (χ1v) is 9.08. The number of carbonyl (C=O) groups is 3. The highest BCUT2D eigenvalue weighted by atomic mass is 35.5. The number of likely N-dealkylation sites (tertiary alicyclic amines) is 1. The standard InChI is InChI=1S/C19H14Cl2N2O4/c20-10-5-6-14(13(21)9-10)22-17(25)15-7-8-16(24)23(15)18-11-3-1-2-4-12(11)19(26)27-18/h1-6,9,15,18H,7-8H2,(H,22,25)/t15-,18+/m1/s1. The van der Waals surface area contributed by atoms with Crippen LogP contribution in [0.5, 0.6) is 0 Å².